The number of nitrogens with zero attached hydrogens (tertiary/aromatic N) is 2. The summed E-state index contributed by atoms with van der Waals surface area (Å²) >= 11 is 12.5. The number of H-pyrrole nitrogens is 1. The van der Waals surface area contributed by atoms with Crippen LogP contribution in [0.2, 0.25) is 0 Å². The predicted octanol–water partition coefficient (Wildman–Crippen LogP) is 33.1. The molecule has 22 aromatic rings. The average Bonchev–Trinajstić information content (AvgIpc) is 1.64. The van der Waals surface area contributed by atoms with Crippen molar-refractivity contribution < 1.29 is 46.8 Å². The maximum absolute atomic E-state index is 12.3. The number of benzene rings is 18. The minimum atomic E-state index is -1.45. The van der Waals surface area contributed by atoms with Crippen LogP contribution in [0.3, 0.4) is 0 Å². The summed E-state index contributed by atoms with van der Waals surface area (Å²) in [5.74, 6) is -0.215. The molecular formula is C126H110B4Br3FIN3O9. The Hall–Kier alpha value is -12.8. The van der Waals surface area contributed by atoms with E-state index in [0.29, 0.717) is 9.94 Å². The maximum atomic E-state index is 12.3. The second kappa shape index (κ2) is 43.6. The average molecular weight is 2240 g/mol. The van der Waals surface area contributed by atoms with Crippen LogP contribution in [-0.4, -0.2) is 86.0 Å². The number of aromatic amines is 1. The molecule has 730 valence electrons. The van der Waals surface area contributed by atoms with Crippen LogP contribution in [0.15, 0.2) is 449 Å². The van der Waals surface area contributed by atoms with Crippen molar-refractivity contribution in [1.82, 2.24) is 14.1 Å². The lowest BCUT2D eigenvalue weighted by molar-refractivity contribution is 0.00578. The van der Waals surface area contributed by atoms with E-state index in [9.17, 15) is 4.39 Å². The molecule has 0 aliphatic carbocycles. The molecule has 7 heterocycles. The van der Waals surface area contributed by atoms with Crippen LogP contribution in [0.5, 0.6) is 0 Å². The fraction of sp³-hybridized carbons (Fsp3) is 0.143. The van der Waals surface area contributed by atoms with Gasteiger partial charge in [0.2, 0.25) is 0 Å². The summed E-state index contributed by atoms with van der Waals surface area (Å²) in [4.78, 5) is 3.54. The molecule has 4 aromatic heterocycles. The third-order valence-electron chi connectivity index (χ3n) is 28.7. The number of halogens is 5. The van der Waals surface area contributed by atoms with Crippen LogP contribution < -0.4 is 10.9 Å². The van der Waals surface area contributed by atoms with E-state index in [4.69, 9.17) is 42.4 Å². The minimum Gasteiger partial charge on any atom is -0.456 e. The summed E-state index contributed by atoms with van der Waals surface area (Å²) in [6, 6.07) is 148. The van der Waals surface area contributed by atoms with E-state index >= 15 is 0 Å². The molecule has 3 N–H and O–H groups in total. The van der Waals surface area contributed by atoms with Crippen molar-refractivity contribution >= 4 is 197 Å². The van der Waals surface area contributed by atoms with Gasteiger partial charge in [-0.25, -0.2) is 4.39 Å². The van der Waals surface area contributed by atoms with Crippen molar-refractivity contribution in [2.75, 3.05) is 0 Å². The summed E-state index contributed by atoms with van der Waals surface area (Å²) in [5, 5.41) is 27.6. The van der Waals surface area contributed by atoms with Crippen LogP contribution in [0, 0.1) is 9.39 Å². The summed E-state index contributed by atoms with van der Waals surface area (Å²) in [5.41, 5.74) is 24.8. The minimum absolute atomic E-state index is 0.215. The first-order valence-electron chi connectivity index (χ1n) is 49.3. The molecule has 3 aliphatic heterocycles. The standard InChI is InChI=1S/C36H32BNO2.C30H20BrN.C24H17N.C12H24B2O4.C12H9BO3.C6H4BrF.C6H4BrI/c1-35(2)36(3,4)40-37(39-35)31-17-11-12-18-34(31)38-32-21-19-27(25-13-7-5-8-14-25)23-29(32)30-24-28(20-22-33(30)38)26-15-9-6-10-16-26;31-27-13-7-8-14-30(27)32-28-17-15-23(21-9-3-1-4-10-21)19-25(28)26-20-24(16-18-29(26)32)22-11-5-2-6-12-22;1-3-7-17(8-4-1)19-11-13-23-21(15-19)22-16-20(12-14-24(22)25-23)18-9-5-2-6-10-18;1-9(2)10(3,4)16-13(15-9)14-17-11(5,6)12(7,8)18-14;14-13(15)8-5-6-12-10(7-8)9-3-1-2-4-11(9)16-12;2*7-5-3-1-2-4-6(5)8/h5-24H,1-4H3;1-20H;1-16,25H;1-8H3;1-7,14-15H;2*1-4H. The smallest absolute Gasteiger partial charge is 0.456 e. The number of furan rings is 1. The molecule has 0 amide bonds. The lowest BCUT2D eigenvalue weighted by atomic mass is 9.49. The maximum Gasteiger partial charge on any atom is 0.496 e. The van der Waals surface area contributed by atoms with E-state index in [0.717, 1.165) is 54.3 Å². The molecule has 0 saturated carbocycles. The number of para-hydroxylation sites is 3. The van der Waals surface area contributed by atoms with Crippen molar-refractivity contribution in [2.45, 2.75) is 117 Å². The number of hydrogen-bond acceptors (Lipinski definition) is 9. The number of nitrogens with one attached hydrogen (secondary N) is 1. The summed E-state index contributed by atoms with van der Waals surface area (Å²) in [6.45, 7) is 24.6. The zero-order valence-corrected chi connectivity index (χ0v) is 90.8. The molecule has 25 rings (SSSR count). The molecule has 0 bridgehead atoms. The first-order chi connectivity index (χ1) is 70.7. The first kappa shape index (κ1) is 103. The molecule has 0 unspecified atom stereocenters. The van der Waals surface area contributed by atoms with Crippen molar-refractivity contribution in [1.29, 1.82) is 0 Å². The Bertz CT molecular complexity index is 8010. The Morgan fingerprint density at radius 3 is 0.918 bits per heavy atom. The Kier molecular flexibility index (Phi) is 30.5. The van der Waals surface area contributed by atoms with Crippen LogP contribution in [0.25, 0.3) is 165 Å². The van der Waals surface area contributed by atoms with Crippen LogP contribution in [0.4, 0.5) is 4.39 Å². The fourth-order valence-electron chi connectivity index (χ4n) is 18.6. The molecule has 18 aromatic carbocycles. The van der Waals surface area contributed by atoms with Gasteiger partial charge in [0, 0.05) is 77.8 Å². The highest BCUT2D eigenvalue weighted by Crippen LogP contribution is 2.47. The number of aromatic nitrogens is 3. The largest absolute Gasteiger partial charge is 0.496 e. The van der Waals surface area contributed by atoms with Crippen molar-refractivity contribution in [3.8, 4) is 78.1 Å². The lowest BCUT2D eigenvalue weighted by Gasteiger charge is -2.32. The van der Waals surface area contributed by atoms with Crippen molar-refractivity contribution in [3.05, 3.63) is 454 Å². The fourth-order valence-corrected chi connectivity index (χ4v) is 20.0. The van der Waals surface area contributed by atoms with Gasteiger partial charge in [-0.2, -0.15) is 0 Å². The highest BCUT2D eigenvalue weighted by atomic mass is 127. The number of fused-ring (bicyclic) bond motifs is 12. The highest BCUT2D eigenvalue weighted by Gasteiger charge is 2.64. The Morgan fingerprint density at radius 2 is 0.571 bits per heavy atom. The van der Waals surface area contributed by atoms with Crippen LogP contribution >= 0.6 is 70.4 Å². The monoisotopic (exact) mass is 2240 g/mol. The van der Waals surface area contributed by atoms with Gasteiger partial charge in [0.05, 0.1) is 65.8 Å². The van der Waals surface area contributed by atoms with Gasteiger partial charge in [0.15, 0.2) is 0 Å². The second-order valence-electron chi connectivity index (χ2n) is 39.8. The Balaban J connectivity index is 0.000000115. The van der Waals surface area contributed by atoms with Crippen LogP contribution in [0.1, 0.15) is 83.1 Å². The molecular weight excluding hydrogens is 2130 g/mol. The van der Waals surface area contributed by atoms with Crippen LogP contribution in [-0.2, 0) is 27.9 Å². The topological polar surface area (TPSA) is 135 Å². The Labute approximate surface area is 898 Å². The quantitative estimate of drug-likeness (QED) is 0.0855. The first-order valence-corrected chi connectivity index (χ1v) is 52.7. The third kappa shape index (κ3) is 22.1. The van der Waals surface area contributed by atoms with Gasteiger partial charge < -0.3 is 56.5 Å². The summed E-state index contributed by atoms with van der Waals surface area (Å²) in [6.07, 6.45) is 0. The van der Waals surface area contributed by atoms with E-state index in [1.165, 1.54) is 135 Å². The second-order valence-corrected chi connectivity index (χ2v) is 43.6. The summed E-state index contributed by atoms with van der Waals surface area (Å²) < 4.78 is 63.6. The molecule has 3 aliphatic rings. The molecule has 0 atom stereocenters. The van der Waals surface area contributed by atoms with E-state index in [2.05, 4.69) is 458 Å². The van der Waals surface area contributed by atoms with E-state index in [1.54, 1.807) is 36.4 Å². The summed E-state index contributed by atoms with van der Waals surface area (Å²) in [7, 11) is -2.86. The normalized spacial score (nSPS) is 14.9. The molecule has 0 spiro atoms. The van der Waals surface area contributed by atoms with Crippen molar-refractivity contribution in [2.24, 2.45) is 0 Å². The molecule has 12 nitrogen and oxygen atoms in total. The van der Waals surface area contributed by atoms with Gasteiger partial charge in [-0.15, -0.1) is 0 Å². The van der Waals surface area contributed by atoms with Gasteiger partial charge in [-0.05, 0) is 353 Å². The zero-order chi connectivity index (χ0) is 103. The molecule has 0 radical (unpaired) electrons. The third-order valence-corrected chi connectivity index (χ3v) is 32.3. The number of hydrogen-bond donors (Lipinski definition) is 3. The van der Waals surface area contributed by atoms with E-state index < -0.39 is 39.5 Å². The number of rotatable bonds is 11. The predicted molar refractivity (Wildman–Crippen MR) is 630 cm³/mol. The van der Waals surface area contributed by atoms with E-state index in [1.807, 2.05) is 97.9 Å². The van der Waals surface area contributed by atoms with Gasteiger partial charge in [-0.1, -0.05) is 303 Å². The lowest BCUT2D eigenvalue weighted by Crippen LogP contribution is -2.41. The molecule has 3 fully saturated rings. The van der Waals surface area contributed by atoms with Crippen molar-refractivity contribution in [3.63, 3.8) is 0 Å². The van der Waals surface area contributed by atoms with Gasteiger partial charge >= 0.3 is 28.3 Å². The molecule has 21 heteroatoms. The van der Waals surface area contributed by atoms with E-state index in [-0.39, 0.29) is 28.2 Å². The highest BCUT2D eigenvalue weighted by molar-refractivity contribution is 14.1. The zero-order valence-electron chi connectivity index (χ0n) is 83.8. The molecule has 3 saturated heterocycles. The van der Waals surface area contributed by atoms with Gasteiger partial charge in [-0.3, -0.25) is 0 Å². The Morgan fingerprint density at radius 1 is 0.272 bits per heavy atom. The van der Waals surface area contributed by atoms with Gasteiger partial charge in [0.25, 0.3) is 0 Å². The van der Waals surface area contributed by atoms with Gasteiger partial charge in [0.1, 0.15) is 17.0 Å². The molecule has 147 heavy (non-hydrogen) atoms. The SMILES string of the molecule is Brc1ccccc1-n1c2ccc(-c3ccccc3)cc2c2cc(-c3ccccc3)ccc21.Brc1ccccc1I.CC1(C)OB(B2OC(C)(C)C(C)(C)O2)OC1(C)C.CC1(C)OB(c2ccccc2-n2c3ccc(-c4ccccc4)cc3c3cc(-c4ccccc4)ccc32)OC1(C)C.Fc1ccccc1Br.OB(O)c1ccc2oc3ccccc3c2c1.c1ccc(-c2ccc3[nH]c4ccc(-c5ccccc5)cc4c3c2)cc1.